The number of halogens is 1. The number of urea groups is 1. The Morgan fingerprint density at radius 3 is 2.61 bits per heavy atom. The molecule has 0 bridgehead atoms. The SMILES string of the molecule is O=C1NCCCCCN1C(=O)c1ccc(F)cc1. The molecule has 1 saturated heterocycles. The largest absolute Gasteiger partial charge is 0.338 e. The summed E-state index contributed by atoms with van der Waals surface area (Å²) in [4.78, 5) is 25.1. The van der Waals surface area contributed by atoms with Crippen LogP contribution in [-0.4, -0.2) is 29.9 Å². The molecule has 2 rings (SSSR count). The summed E-state index contributed by atoms with van der Waals surface area (Å²) in [6.45, 7) is 0.994. The predicted octanol–water partition coefficient (Wildman–Crippen LogP) is 2.16. The van der Waals surface area contributed by atoms with E-state index < -0.39 is 5.82 Å². The molecule has 1 fully saturated rings. The lowest BCUT2D eigenvalue weighted by Crippen LogP contribution is -2.45. The highest BCUT2D eigenvalue weighted by Crippen LogP contribution is 2.10. The number of nitrogens with one attached hydrogen (secondary N) is 1. The van der Waals surface area contributed by atoms with Gasteiger partial charge in [-0.25, -0.2) is 9.18 Å². The molecule has 1 N–H and O–H groups in total. The highest BCUT2D eigenvalue weighted by atomic mass is 19.1. The topological polar surface area (TPSA) is 49.4 Å². The number of amides is 3. The Labute approximate surface area is 105 Å². The van der Waals surface area contributed by atoms with Crippen LogP contribution < -0.4 is 5.32 Å². The summed E-state index contributed by atoms with van der Waals surface area (Å²) in [5.74, 6) is -0.780. The monoisotopic (exact) mass is 250 g/mol. The van der Waals surface area contributed by atoms with Crippen molar-refractivity contribution >= 4 is 11.9 Å². The van der Waals surface area contributed by atoms with Crippen LogP contribution in [0.15, 0.2) is 24.3 Å². The number of hydrogen-bond acceptors (Lipinski definition) is 2. The number of hydrogen-bond donors (Lipinski definition) is 1. The van der Waals surface area contributed by atoms with Crippen molar-refractivity contribution in [3.63, 3.8) is 0 Å². The van der Waals surface area contributed by atoms with Crippen molar-refractivity contribution in [3.05, 3.63) is 35.6 Å². The van der Waals surface area contributed by atoms with Crippen molar-refractivity contribution in [1.29, 1.82) is 0 Å². The van der Waals surface area contributed by atoms with E-state index in [-0.39, 0.29) is 11.9 Å². The summed E-state index contributed by atoms with van der Waals surface area (Å²) >= 11 is 0. The second kappa shape index (κ2) is 5.62. The van der Waals surface area contributed by atoms with Crippen molar-refractivity contribution in [2.24, 2.45) is 0 Å². The van der Waals surface area contributed by atoms with Crippen LogP contribution in [0.3, 0.4) is 0 Å². The van der Waals surface area contributed by atoms with Crippen molar-refractivity contribution in [2.45, 2.75) is 19.3 Å². The molecule has 0 aliphatic carbocycles. The molecule has 1 aromatic rings. The summed E-state index contributed by atoms with van der Waals surface area (Å²) in [6.07, 6.45) is 2.72. The Morgan fingerprint density at radius 2 is 1.89 bits per heavy atom. The molecule has 0 spiro atoms. The highest BCUT2D eigenvalue weighted by molar-refractivity contribution is 6.04. The van der Waals surface area contributed by atoms with Gasteiger partial charge in [-0.05, 0) is 43.5 Å². The summed E-state index contributed by atoms with van der Waals surface area (Å²) in [5.41, 5.74) is 0.326. The number of imide groups is 1. The first-order chi connectivity index (χ1) is 8.68. The van der Waals surface area contributed by atoms with Crippen molar-refractivity contribution < 1.29 is 14.0 Å². The van der Waals surface area contributed by atoms with E-state index in [1.165, 1.54) is 29.2 Å². The van der Waals surface area contributed by atoms with E-state index in [0.717, 1.165) is 19.3 Å². The van der Waals surface area contributed by atoms with Crippen LogP contribution in [0.1, 0.15) is 29.6 Å². The van der Waals surface area contributed by atoms with Crippen LogP contribution in [-0.2, 0) is 0 Å². The fourth-order valence-corrected chi connectivity index (χ4v) is 1.91. The summed E-state index contributed by atoms with van der Waals surface area (Å²) in [5, 5.41) is 2.69. The maximum atomic E-state index is 12.8. The first-order valence-corrected chi connectivity index (χ1v) is 6.04. The second-order valence-corrected chi connectivity index (χ2v) is 4.26. The van der Waals surface area contributed by atoms with Gasteiger partial charge in [0.2, 0.25) is 0 Å². The molecular formula is C13H15FN2O2. The third kappa shape index (κ3) is 2.85. The van der Waals surface area contributed by atoms with E-state index >= 15 is 0 Å². The minimum atomic E-state index is -0.399. The van der Waals surface area contributed by atoms with Gasteiger partial charge in [0.05, 0.1) is 0 Å². The first kappa shape index (κ1) is 12.5. The molecule has 0 aromatic heterocycles. The van der Waals surface area contributed by atoms with E-state index in [1.807, 2.05) is 0 Å². The zero-order valence-electron chi connectivity index (χ0n) is 9.99. The molecule has 96 valence electrons. The van der Waals surface area contributed by atoms with E-state index in [4.69, 9.17) is 0 Å². The lowest BCUT2D eigenvalue weighted by atomic mass is 10.1. The lowest BCUT2D eigenvalue weighted by molar-refractivity contribution is 0.0793. The molecule has 5 heteroatoms. The standard InChI is InChI=1S/C13H15FN2O2/c14-11-6-4-10(5-7-11)12(17)16-9-3-1-2-8-15-13(16)18/h4-7H,1-3,8-9H2,(H,15,18). The summed E-state index contributed by atoms with van der Waals surface area (Å²) < 4.78 is 12.8. The number of carbonyl (C=O) groups is 2. The van der Waals surface area contributed by atoms with Crippen LogP contribution in [0.4, 0.5) is 9.18 Å². The van der Waals surface area contributed by atoms with Gasteiger partial charge >= 0.3 is 6.03 Å². The van der Waals surface area contributed by atoms with Crippen LogP contribution in [0.2, 0.25) is 0 Å². The normalized spacial score (nSPS) is 16.7. The fraction of sp³-hybridized carbons (Fsp3) is 0.385. The third-order valence-corrected chi connectivity index (χ3v) is 2.92. The van der Waals surface area contributed by atoms with Gasteiger partial charge in [-0.2, -0.15) is 0 Å². The van der Waals surface area contributed by atoms with E-state index in [9.17, 15) is 14.0 Å². The zero-order chi connectivity index (χ0) is 13.0. The van der Waals surface area contributed by atoms with E-state index in [2.05, 4.69) is 5.32 Å². The van der Waals surface area contributed by atoms with Gasteiger partial charge in [0.15, 0.2) is 0 Å². The molecular weight excluding hydrogens is 235 g/mol. The van der Waals surface area contributed by atoms with Gasteiger partial charge in [-0.3, -0.25) is 9.69 Å². The quantitative estimate of drug-likeness (QED) is 0.830. The smallest absolute Gasteiger partial charge is 0.324 e. The minimum Gasteiger partial charge on any atom is -0.338 e. The summed E-state index contributed by atoms with van der Waals surface area (Å²) in [6, 6.07) is 4.85. The van der Waals surface area contributed by atoms with Crippen LogP contribution in [0, 0.1) is 5.82 Å². The molecule has 18 heavy (non-hydrogen) atoms. The maximum Gasteiger partial charge on any atom is 0.324 e. The molecule has 4 nitrogen and oxygen atoms in total. The second-order valence-electron chi connectivity index (χ2n) is 4.26. The van der Waals surface area contributed by atoms with Crippen molar-refractivity contribution in [2.75, 3.05) is 13.1 Å². The average molecular weight is 250 g/mol. The van der Waals surface area contributed by atoms with Gasteiger partial charge in [0.1, 0.15) is 5.82 Å². The highest BCUT2D eigenvalue weighted by Gasteiger charge is 2.23. The Hall–Kier alpha value is -1.91. The maximum absolute atomic E-state index is 12.8. The molecule has 3 amide bonds. The molecule has 0 radical (unpaired) electrons. The van der Waals surface area contributed by atoms with Crippen LogP contribution in [0.25, 0.3) is 0 Å². The number of benzene rings is 1. The van der Waals surface area contributed by atoms with E-state index in [0.29, 0.717) is 18.7 Å². The zero-order valence-corrected chi connectivity index (χ0v) is 9.99. The predicted molar refractivity (Wildman–Crippen MR) is 64.7 cm³/mol. The number of carbonyl (C=O) groups excluding carboxylic acids is 2. The van der Waals surface area contributed by atoms with Crippen LogP contribution >= 0.6 is 0 Å². The molecule has 1 aliphatic rings. The molecule has 0 unspecified atom stereocenters. The minimum absolute atomic E-state index is 0.326. The van der Waals surface area contributed by atoms with Crippen LogP contribution in [0.5, 0.6) is 0 Å². The Bertz CT molecular complexity index is 445. The Kier molecular flexibility index (Phi) is 3.92. The molecule has 1 aromatic carbocycles. The molecule has 0 saturated carbocycles. The van der Waals surface area contributed by atoms with Crippen molar-refractivity contribution in [1.82, 2.24) is 10.2 Å². The van der Waals surface area contributed by atoms with Crippen molar-refractivity contribution in [3.8, 4) is 0 Å². The van der Waals surface area contributed by atoms with Gasteiger partial charge in [-0.1, -0.05) is 0 Å². The Morgan fingerprint density at radius 1 is 1.17 bits per heavy atom. The first-order valence-electron chi connectivity index (χ1n) is 6.04. The van der Waals surface area contributed by atoms with Gasteiger partial charge in [0.25, 0.3) is 5.91 Å². The Balaban J connectivity index is 2.14. The number of nitrogens with zero attached hydrogens (tertiary/aromatic N) is 1. The van der Waals surface area contributed by atoms with E-state index in [1.54, 1.807) is 0 Å². The third-order valence-electron chi connectivity index (χ3n) is 2.92. The summed E-state index contributed by atoms with van der Waals surface area (Å²) in [7, 11) is 0. The molecule has 0 atom stereocenters. The fourth-order valence-electron chi connectivity index (χ4n) is 1.91. The molecule has 1 aliphatic heterocycles. The van der Waals surface area contributed by atoms with Gasteiger partial charge < -0.3 is 5.32 Å². The van der Waals surface area contributed by atoms with Gasteiger partial charge in [-0.15, -0.1) is 0 Å². The number of rotatable bonds is 1. The van der Waals surface area contributed by atoms with Gasteiger partial charge in [0, 0.05) is 18.7 Å². The average Bonchev–Trinajstić information content (AvgIpc) is 2.35. The molecule has 1 heterocycles. The lowest BCUT2D eigenvalue weighted by Gasteiger charge is -2.23.